The van der Waals surface area contributed by atoms with Crippen molar-refractivity contribution in [3.8, 4) is 0 Å². The third kappa shape index (κ3) is 4.04. The smallest absolute Gasteiger partial charge is 0.129 e. The van der Waals surface area contributed by atoms with E-state index >= 15 is 0 Å². The highest BCUT2D eigenvalue weighted by Gasteiger charge is 2.03. The number of anilines is 1. The van der Waals surface area contributed by atoms with E-state index in [-0.39, 0.29) is 5.38 Å². The number of halogens is 1. The molecular formula is C11H18ClN3. The molecule has 0 saturated heterocycles. The van der Waals surface area contributed by atoms with Crippen molar-refractivity contribution in [3.05, 3.63) is 17.6 Å². The highest BCUT2D eigenvalue weighted by molar-refractivity contribution is 6.20. The molecule has 0 aromatic carbocycles. The molecule has 1 aromatic rings. The molecule has 0 fully saturated rings. The van der Waals surface area contributed by atoms with Gasteiger partial charge in [-0.15, -0.1) is 11.6 Å². The first-order valence-corrected chi connectivity index (χ1v) is 5.81. The van der Waals surface area contributed by atoms with Crippen LogP contribution in [0.15, 0.2) is 6.07 Å². The Bertz CT molecular complexity index is 315. The first kappa shape index (κ1) is 12.2. The second kappa shape index (κ2) is 5.91. The number of aromatic nitrogens is 2. The second-order valence-electron chi connectivity index (χ2n) is 3.53. The average Bonchev–Trinajstić information content (AvgIpc) is 2.25. The first-order chi connectivity index (χ1) is 7.15. The summed E-state index contributed by atoms with van der Waals surface area (Å²) in [5.41, 5.74) is 1.06. The third-order valence-corrected chi connectivity index (χ3v) is 2.66. The van der Waals surface area contributed by atoms with Gasteiger partial charge >= 0.3 is 0 Å². The summed E-state index contributed by atoms with van der Waals surface area (Å²) in [4.78, 5) is 8.62. The molecule has 1 N–H and O–H groups in total. The van der Waals surface area contributed by atoms with Crippen LogP contribution < -0.4 is 5.32 Å². The van der Waals surface area contributed by atoms with Gasteiger partial charge in [0, 0.05) is 18.3 Å². The van der Waals surface area contributed by atoms with Crippen LogP contribution in [0.5, 0.6) is 0 Å². The summed E-state index contributed by atoms with van der Waals surface area (Å²) in [6.45, 7) is 6.81. The van der Waals surface area contributed by atoms with Gasteiger partial charge in [0.25, 0.3) is 0 Å². The molecule has 1 rings (SSSR count). The van der Waals surface area contributed by atoms with E-state index in [0.717, 1.165) is 36.7 Å². The fourth-order valence-electron chi connectivity index (χ4n) is 1.26. The van der Waals surface area contributed by atoms with Crippen molar-refractivity contribution < 1.29 is 0 Å². The fourth-order valence-corrected chi connectivity index (χ4v) is 1.34. The minimum atomic E-state index is 0.158. The van der Waals surface area contributed by atoms with Crippen molar-refractivity contribution >= 4 is 17.4 Å². The number of rotatable bonds is 5. The fraction of sp³-hybridized carbons (Fsp3) is 0.636. The van der Waals surface area contributed by atoms with Crippen molar-refractivity contribution in [2.75, 3.05) is 11.9 Å². The van der Waals surface area contributed by atoms with Gasteiger partial charge in [0.2, 0.25) is 0 Å². The lowest BCUT2D eigenvalue weighted by Crippen LogP contribution is -2.14. The van der Waals surface area contributed by atoms with Gasteiger partial charge in [-0.3, -0.25) is 0 Å². The van der Waals surface area contributed by atoms with Crippen molar-refractivity contribution in [3.63, 3.8) is 0 Å². The highest BCUT2D eigenvalue weighted by atomic mass is 35.5. The van der Waals surface area contributed by atoms with Gasteiger partial charge in [-0.05, 0) is 19.8 Å². The lowest BCUT2D eigenvalue weighted by atomic mass is 10.3. The molecule has 0 aliphatic rings. The molecule has 1 heterocycles. The molecule has 15 heavy (non-hydrogen) atoms. The minimum absolute atomic E-state index is 0.158. The number of hydrogen-bond acceptors (Lipinski definition) is 3. The van der Waals surface area contributed by atoms with E-state index in [9.17, 15) is 0 Å². The molecule has 1 unspecified atom stereocenters. The standard InChI is InChI=1S/C11H18ClN3/c1-4-9(12)7-13-11-6-10(5-2)14-8(3)15-11/h6,9H,4-5,7H2,1-3H3,(H,13,14,15). The van der Waals surface area contributed by atoms with E-state index in [1.165, 1.54) is 0 Å². The predicted octanol–water partition coefficient (Wildman–Crippen LogP) is 2.78. The van der Waals surface area contributed by atoms with E-state index < -0.39 is 0 Å². The van der Waals surface area contributed by atoms with Crippen LogP contribution in [-0.4, -0.2) is 21.9 Å². The zero-order chi connectivity index (χ0) is 11.3. The second-order valence-corrected chi connectivity index (χ2v) is 4.15. The molecule has 0 amide bonds. The van der Waals surface area contributed by atoms with Crippen LogP contribution in [-0.2, 0) is 6.42 Å². The Balaban J connectivity index is 2.64. The predicted molar refractivity (Wildman–Crippen MR) is 64.6 cm³/mol. The normalized spacial score (nSPS) is 12.5. The number of alkyl halides is 1. The van der Waals surface area contributed by atoms with Crippen LogP contribution in [0, 0.1) is 6.92 Å². The van der Waals surface area contributed by atoms with Crippen molar-refractivity contribution in [1.82, 2.24) is 9.97 Å². The van der Waals surface area contributed by atoms with E-state index in [2.05, 4.69) is 29.1 Å². The monoisotopic (exact) mass is 227 g/mol. The van der Waals surface area contributed by atoms with Gasteiger partial charge in [0.15, 0.2) is 0 Å². The topological polar surface area (TPSA) is 37.8 Å². The van der Waals surface area contributed by atoms with Gasteiger partial charge < -0.3 is 5.32 Å². The third-order valence-electron chi connectivity index (χ3n) is 2.20. The summed E-state index contributed by atoms with van der Waals surface area (Å²) >= 11 is 6.02. The van der Waals surface area contributed by atoms with Crippen LogP contribution in [0.4, 0.5) is 5.82 Å². The molecule has 0 aliphatic heterocycles. The maximum absolute atomic E-state index is 6.02. The molecule has 0 spiro atoms. The SMILES string of the molecule is CCc1cc(NCC(Cl)CC)nc(C)n1. The summed E-state index contributed by atoms with van der Waals surface area (Å²) in [7, 11) is 0. The zero-order valence-electron chi connectivity index (χ0n) is 9.55. The summed E-state index contributed by atoms with van der Waals surface area (Å²) in [5.74, 6) is 1.68. The van der Waals surface area contributed by atoms with Crippen molar-refractivity contribution in [2.45, 2.75) is 39.0 Å². The molecular weight excluding hydrogens is 210 g/mol. The Labute approximate surface area is 96.3 Å². The lowest BCUT2D eigenvalue weighted by Gasteiger charge is -2.10. The van der Waals surface area contributed by atoms with Gasteiger partial charge in [-0.1, -0.05) is 13.8 Å². The maximum atomic E-state index is 6.02. The maximum Gasteiger partial charge on any atom is 0.129 e. The van der Waals surface area contributed by atoms with Gasteiger partial charge in [0.1, 0.15) is 11.6 Å². The minimum Gasteiger partial charge on any atom is -0.368 e. The lowest BCUT2D eigenvalue weighted by molar-refractivity contribution is 0.836. The molecule has 0 radical (unpaired) electrons. The summed E-state index contributed by atoms with van der Waals surface area (Å²) in [6, 6.07) is 1.98. The van der Waals surface area contributed by atoms with Crippen LogP contribution in [0.25, 0.3) is 0 Å². The molecule has 1 aromatic heterocycles. The molecule has 4 heteroatoms. The van der Waals surface area contributed by atoms with E-state index in [1.807, 2.05) is 13.0 Å². The molecule has 0 bridgehead atoms. The molecule has 0 aliphatic carbocycles. The number of aryl methyl sites for hydroxylation is 2. The Morgan fingerprint density at radius 3 is 2.73 bits per heavy atom. The Morgan fingerprint density at radius 1 is 1.40 bits per heavy atom. The number of hydrogen-bond donors (Lipinski definition) is 1. The molecule has 84 valence electrons. The largest absolute Gasteiger partial charge is 0.368 e. The quantitative estimate of drug-likeness (QED) is 0.787. The van der Waals surface area contributed by atoms with E-state index in [0.29, 0.717) is 0 Å². The van der Waals surface area contributed by atoms with E-state index in [4.69, 9.17) is 11.6 Å². The Morgan fingerprint density at radius 2 is 2.13 bits per heavy atom. The van der Waals surface area contributed by atoms with E-state index in [1.54, 1.807) is 0 Å². The first-order valence-electron chi connectivity index (χ1n) is 5.38. The molecule has 3 nitrogen and oxygen atoms in total. The Kier molecular flexibility index (Phi) is 4.82. The van der Waals surface area contributed by atoms with Crippen molar-refractivity contribution in [1.29, 1.82) is 0 Å². The highest BCUT2D eigenvalue weighted by Crippen LogP contribution is 2.09. The van der Waals surface area contributed by atoms with Crippen LogP contribution in [0.2, 0.25) is 0 Å². The van der Waals surface area contributed by atoms with Gasteiger partial charge in [-0.2, -0.15) is 0 Å². The average molecular weight is 228 g/mol. The number of nitrogens with zero attached hydrogens (tertiary/aromatic N) is 2. The van der Waals surface area contributed by atoms with Crippen molar-refractivity contribution in [2.24, 2.45) is 0 Å². The molecule has 1 atom stereocenters. The number of nitrogens with one attached hydrogen (secondary N) is 1. The van der Waals surface area contributed by atoms with Crippen LogP contribution in [0.1, 0.15) is 31.8 Å². The van der Waals surface area contributed by atoms with Gasteiger partial charge in [0.05, 0.1) is 5.38 Å². The van der Waals surface area contributed by atoms with Crippen LogP contribution in [0.3, 0.4) is 0 Å². The summed E-state index contributed by atoms with van der Waals surface area (Å²) in [6.07, 6.45) is 1.88. The molecule has 0 saturated carbocycles. The Hall–Kier alpha value is -0.830. The van der Waals surface area contributed by atoms with Crippen LogP contribution >= 0.6 is 11.6 Å². The zero-order valence-corrected chi connectivity index (χ0v) is 10.3. The summed E-state index contributed by atoms with van der Waals surface area (Å²) < 4.78 is 0. The summed E-state index contributed by atoms with van der Waals surface area (Å²) in [5, 5.41) is 3.39. The van der Waals surface area contributed by atoms with Gasteiger partial charge in [-0.25, -0.2) is 9.97 Å².